The number of benzene rings is 1. The van der Waals surface area contributed by atoms with E-state index in [0.29, 0.717) is 44.8 Å². The highest BCUT2D eigenvalue weighted by Crippen LogP contribution is 2.39. The molecule has 2 N–H and O–H groups in total. The van der Waals surface area contributed by atoms with Crippen molar-refractivity contribution >= 4 is 11.6 Å². The number of nitrogens with one attached hydrogen (secondary N) is 2. The Morgan fingerprint density at radius 3 is 2.62 bits per heavy atom. The molecule has 0 saturated carbocycles. The maximum Gasteiger partial charge on any atom is 0.416 e. The number of amides is 1. The number of hydrogen-bond donors (Lipinski definition) is 2. The number of ether oxygens (including phenoxy) is 1. The Bertz CT molecular complexity index is 1400. The number of alkyl halides is 3. The van der Waals surface area contributed by atoms with E-state index in [9.17, 15) is 23.2 Å². The molecule has 0 spiro atoms. The third-order valence-corrected chi connectivity index (χ3v) is 8.48. The van der Waals surface area contributed by atoms with Gasteiger partial charge in [-0.3, -0.25) is 9.78 Å². The number of anilines is 1. The molecule has 2 aromatic rings. The van der Waals surface area contributed by atoms with E-state index in [0.717, 1.165) is 36.2 Å². The van der Waals surface area contributed by atoms with Crippen molar-refractivity contribution < 1.29 is 22.7 Å². The number of rotatable bonds is 7. The van der Waals surface area contributed by atoms with Crippen molar-refractivity contribution in [3.63, 3.8) is 0 Å². The zero-order valence-electron chi connectivity index (χ0n) is 23.7. The highest BCUT2D eigenvalue weighted by atomic mass is 19.4. The summed E-state index contributed by atoms with van der Waals surface area (Å²) in [5, 5.41) is 16.4. The van der Waals surface area contributed by atoms with Gasteiger partial charge in [0.05, 0.1) is 28.3 Å². The number of aromatic nitrogens is 1. The molecule has 0 bridgehead atoms. The molecule has 2 saturated heterocycles. The number of likely N-dealkylation sites (tertiary alicyclic amines) is 1. The number of hydrogen-bond acceptors (Lipinski definition) is 7. The zero-order valence-corrected chi connectivity index (χ0v) is 23.7. The zero-order chi connectivity index (χ0) is 30.0. The van der Waals surface area contributed by atoms with Crippen LogP contribution in [-0.4, -0.2) is 61.2 Å². The summed E-state index contributed by atoms with van der Waals surface area (Å²) in [6.45, 7) is 4.79. The molecule has 1 unspecified atom stereocenters. The largest absolute Gasteiger partial charge is 0.416 e. The molecule has 2 fully saturated rings. The quantitative estimate of drug-likeness (QED) is 0.504. The van der Waals surface area contributed by atoms with E-state index < -0.39 is 23.0 Å². The number of dihydropyridines is 1. The van der Waals surface area contributed by atoms with Crippen LogP contribution in [0.5, 0.6) is 0 Å². The first-order valence-electron chi connectivity index (χ1n) is 14.2. The second-order valence-electron chi connectivity index (χ2n) is 11.1. The minimum absolute atomic E-state index is 0.0109. The molecule has 0 aliphatic carbocycles. The summed E-state index contributed by atoms with van der Waals surface area (Å²) in [6.07, 6.45) is 6.50. The highest BCUT2D eigenvalue weighted by molar-refractivity contribution is 5.81. The molecule has 222 valence electrons. The predicted octanol–water partition coefficient (Wildman–Crippen LogP) is 4.31. The average molecular weight is 581 g/mol. The van der Waals surface area contributed by atoms with E-state index in [1.807, 2.05) is 55.4 Å². The third kappa shape index (κ3) is 5.87. The molecule has 1 aromatic heterocycles. The Balaban J connectivity index is 1.42. The smallest absolute Gasteiger partial charge is 0.370 e. The van der Waals surface area contributed by atoms with Gasteiger partial charge in [0.2, 0.25) is 5.91 Å². The van der Waals surface area contributed by atoms with Crippen molar-refractivity contribution in [2.75, 3.05) is 44.7 Å². The molecule has 4 heterocycles. The number of carbonyl (C=O) groups excluding carboxylic acids is 1. The summed E-state index contributed by atoms with van der Waals surface area (Å²) in [5.41, 5.74) is -0.315. The molecule has 1 aromatic carbocycles. The fourth-order valence-electron chi connectivity index (χ4n) is 6.13. The molecule has 5 rings (SSSR count). The standard InChI is InChI=1S/C31H35F3N6O2/c1-3-42-30(26-5-4-13-36-19-26)10-8-25(20-37-30)29(38-28(41)22-9-14-39(2)21-22)11-15-40(16-12-29)27-7-6-24(31(32,33)34)17-23(27)18-35/h4-8,10,13,17,19-20,22,37H,3,9,11-12,14-16,21H2,1-2H3,(H,38,41)/t22-,30?/m0/s1. The van der Waals surface area contributed by atoms with Crippen LogP contribution in [0.25, 0.3) is 0 Å². The van der Waals surface area contributed by atoms with Crippen LogP contribution in [0, 0.1) is 17.2 Å². The summed E-state index contributed by atoms with van der Waals surface area (Å²) >= 11 is 0. The molecule has 11 heteroatoms. The number of pyridine rings is 1. The van der Waals surface area contributed by atoms with Gasteiger partial charge in [-0.05, 0) is 75.7 Å². The van der Waals surface area contributed by atoms with E-state index in [1.165, 1.54) is 6.07 Å². The Morgan fingerprint density at radius 1 is 1.26 bits per heavy atom. The van der Waals surface area contributed by atoms with Gasteiger partial charge in [-0.15, -0.1) is 0 Å². The number of piperidine rings is 1. The van der Waals surface area contributed by atoms with Crippen LogP contribution in [0.2, 0.25) is 0 Å². The van der Waals surface area contributed by atoms with Gasteiger partial charge < -0.3 is 25.2 Å². The van der Waals surface area contributed by atoms with E-state index in [4.69, 9.17) is 4.74 Å². The van der Waals surface area contributed by atoms with Crippen LogP contribution in [0.1, 0.15) is 42.9 Å². The monoisotopic (exact) mass is 580 g/mol. The van der Waals surface area contributed by atoms with Gasteiger partial charge in [0.1, 0.15) is 6.07 Å². The second-order valence-corrected chi connectivity index (χ2v) is 11.1. The van der Waals surface area contributed by atoms with Gasteiger partial charge in [0.25, 0.3) is 0 Å². The Labute approximate surface area is 243 Å². The van der Waals surface area contributed by atoms with Crippen LogP contribution >= 0.6 is 0 Å². The average Bonchev–Trinajstić information content (AvgIpc) is 3.44. The van der Waals surface area contributed by atoms with Crippen molar-refractivity contribution in [1.29, 1.82) is 5.26 Å². The number of nitriles is 1. The second kappa shape index (κ2) is 11.8. The van der Waals surface area contributed by atoms with Crippen molar-refractivity contribution in [3.8, 4) is 6.07 Å². The summed E-state index contributed by atoms with van der Waals surface area (Å²) in [4.78, 5) is 21.8. The van der Waals surface area contributed by atoms with E-state index in [2.05, 4.69) is 20.5 Å². The molecular formula is C31H35F3N6O2. The molecule has 42 heavy (non-hydrogen) atoms. The fraction of sp³-hybridized carbons (Fsp3) is 0.452. The van der Waals surface area contributed by atoms with Crippen LogP contribution in [-0.2, 0) is 21.4 Å². The minimum Gasteiger partial charge on any atom is -0.370 e. The first kappa shape index (κ1) is 29.6. The summed E-state index contributed by atoms with van der Waals surface area (Å²) in [7, 11) is 2.00. The van der Waals surface area contributed by atoms with Gasteiger partial charge in [0.15, 0.2) is 5.72 Å². The molecule has 1 amide bonds. The highest BCUT2D eigenvalue weighted by Gasteiger charge is 2.43. The van der Waals surface area contributed by atoms with Gasteiger partial charge in [0, 0.05) is 50.4 Å². The fourth-order valence-corrected chi connectivity index (χ4v) is 6.13. The van der Waals surface area contributed by atoms with Crippen LogP contribution in [0.15, 0.2) is 66.7 Å². The van der Waals surface area contributed by atoms with E-state index >= 15 is 0 Å². The molecule has 3 aliphatic heterocycles. The maximum atomic E-state index is 13.5. The number of carbonyl (C=O) groups is 1. The Morgan fingerprint density at radius 2 is 2.05 bits per heavy atom. The topological polar surface area (TPSA) is 93.5 Å². The van der Waals surface area contributed by atoms with Crippen molar-refractivity contribution in [1.82, 2.24) is 20.5 Å². The lowest BCUT2D eigenvalue weighted by Gasteiger charge is -2.46. The number of halogens is 3. The summed E-state index contributed by atoms with van der Waals surface area (Å²) in [5.74, 6) is -0.132. The number of nitrogens with zero attached hydrogens (tertiary/aromatic N) is 4. The molecule has 0 radical (unpaired) electrons. The molecular weight excluding hydrogens is 545 g/mol. The Kier molecular flexibility index (Phi) is 8.30. The molecule has 3 aliphatic rings. The van der Waals surface area contributed by atoms with Crippen LogP contribution < -0.4 is 15.5 Å². The van der Waals surface area contributed by atoms with Gasteiger partial charge in [-0.1, -0.05) is 12.1 Å². The lowest BCUT2D eigenvalue weighted by molar-refractivity contribution is -0.137. The predicted molar refractivity (Wildman–Crippen MR) is 152 cm³/mol. The van der Waals surface area contributed by atoms with E-state index in [1.54, 1.807) is 12.4 Å². The first-order chi connectivity index (χ1) is 20.1. The maximum absolute atomic E-state index is 13.5. The summed E-state index contributed by atoms with van der Waals surface area (Å²) in [6, 6.07) is 8.99. The lowest BCUT2D eigenvalue weighted by Crippen LogP contribution is -2.58. The van der Waals surface area contributed by atoms with Gasteiger partial charge >= 0.3 is 6.18 Å². The minimum atomic E-state index is -4.53. The van der Waals surface area contributed by atoms with Crippen molar-refractivity contribution in [3.05, 3.63) is 83.3 Å². The summed E-state index contributed by atoms with van der Waals surface area (Å²) < 4.78 is 46.0. The molecule has 8 nitrogen and oxygen atoms in total. The van der Waals surface area contributed by atoms with Gasteiger partial charge in [-0.2, -0.15) is 18.4 Å². The van der Waals surface area contributed by atoms with Crippen molar-refractivity contribution in [2.45, 2.75) is 43.6 Å². The SMILES string of the molecule is CCOC1(c2cccnc2)C=CC(C2(NC(=O)[C@H]3CCN(C)C3)CCN(c3ccc(C(F)(F)F)cc3C#N)CC2)=CN1. The van der Waals surface area contributed by atoms with Gasteiger partial charge in [-0.25, -0.2) is 0 Å². The van der Waals surface area contributed by atoms with Crippen molar-refractivity contribution in [2.24, 2.45) is 5.92 Å². The Hall–Kier alpha value is -3.88. The third-order valence-electron chi connectivity index (χ3n) is 8.48. The lowest BCUT2D eigenvalue weighted by atomic mass is 9.78. The van der Waals surface area contributed by atoms with E-state index in [-0.39, 0.29) is 17.4 Å². The van der Waals surface area contributed by atoms with Crippen LogP contribution in [0.4, 0.5) is 18.9 Å². The first-order valence-corrected chi connectivity index (χ1v) is 14.2. The normalized spacial score (nSPS) is 24.0. The molecule has 2 atom stereocenters. The van der Waals surface area contributed by atoms with Crippen LogP contribution in [0.3, 0.4) is 0 Å².